The first-order chi connectivity index (χ1) is 10.8. The Bertz CT molecular complexity index is 696. The highest BCUT2D eigenvalue weighted by Gasteiger charge is 2.05. The molecule has 0 saturated heterocycles. The van der Waals surface area contributed by atoms with E-state index in [1.165, 1.54) is 12.4 Å². The van der Waals surface area contributed by atoms with Crippen LogP contribution in [-0.2, 0) is 13.1 Å². The predicted molar refractivity (Wildman–Crippen MR) is 81.2 cm³/mol. The summed E-state index contributed by atoms with van der Waals surface area (Å²) in [4.78, 5) is 0. The van der Waals surface area contributed by atoms with Gasteiger partial charge in [-0.3, -0.25) is 0 Å². The number of aromatic nitrogens is 2. The van der Waals surface area contributed by atoms with Gasteiger partial charge in [-0.15, -0.1) is 0 Å². The van der Waals surface area contributed by atoms with Crippen molar-refractivity contribution in [3.63, 3.8) is 0 Å². The predicted octanol–water partition coefficient (Wildman–Crippen LogP) is 1.13. The van der Waals surface area contributed by atoms with Crippen LogP contribution in [0.2, 0.25) is 0 Å². The lowest BCUT2D eigenvalue weighted by atomic mass is 10.3. The Morgan fingerprint density at radius 2 is 1.73 bits per heavy atom. The third kappa shape index (κ3) is 4.52. The van der Waals surface area contributed by atoms with Crippen LogP contribution >= 0.6 is 0 Å². The molecule has 2 heterocycles. The Balaban J connectivity index is 1.98. The Hall–Kier alpha value is -3.02. The Morgan fingerprint density at radius 1 is 0.909 bits per heavy atom. The van der Waals surface area contributed by atoms with E-state index in [0.717, 1.165) is 11.3 Å². The van der Waals surface area contributed by atoms with Gasteiger partial charge in [0, 0.05) is 18.2 Å². The van der Waals surface area contributed by atoms with E-state index < -0.39 is 0 Å². The molecular weight excluding hydrogens is 280 g/mol. The average Bonchev–Trinajstić information content (AvgIpc) is 2.54. The smallest absolute Gasteiger partial charge is 0.227 e. The minimum Gasteiger partial charge on any atom is -0.411 e. The summed E-state index contributed by atoms with van der Waals surface area (Å²) in [5.74, 6) is 0. The molecule has 2 N–H and O–H groups in total. The van der Waals surface area contributed by atoms with Gasteiger partial charge < -0.3 is 10.4 Å². The van der Waals surface area contributed by atoms with E-state index in [4.69, 9.17) is 10.4 Å². The van der Waals surface area contributed by atoms with Gasteiger partial charge in [-0.1, -0.05) is 10.3 Å². The second kappa shape index (κ2) is 8.31. The van der Waals surface area contributed by atoms with Crippen LogP contribution < -0.4 is 9.13 Å². The lowest BCUT2D eigenvalue weighted by Gasteiger charge is -1.96. The summed E-state index contributed by atoms with van der Waals surface area (Å²) in [7, 11) is 0. The van der Waals surface area contributed by atoms with E-state index in [0.29, 0.717) is 13.1 Å². The van der Waals surface area contributed by atoms with Gasteiger partial charge in [0.05, 0.1) is 11.8 Å². The Morgan fingerprint density at radius 3 is 2.55 bits per heavy atom. The molecule has 0 aliphatic carbocycles. The first-order valence-electron chi connectivity index (χ1n) is 6.81. The lowest BCUT2D eigenvalue weighted by molar-refractivity contribution is -0.691. The summed E-state index contributed by atoms with van der Waals surface area (Å²) < 4.78 is 3.95. The van der Waals surface area contributed by atoms with Crippen molar-refractivity contribution in [2.75, 3.05) is 0 Å². The van der Waals surface area contributed by atoms with E-state index in [9.17, 15) is 0 Å². The maximum Gasteiger partial charge on any atom is 0.227 e. The molecule has 2 aromatic rings. The van der Waals surface area contributed by atoms with Gasteiger partial charge in [0.1, 0.15) is 6.21 Å². The van der Waals surface area contributed by atoms with Gasteiger partial charge in [-0.2, -0.15) is 4.57 Å². The first-order valence-corrected chi connectivity index (χ1v) is 6.81. The molecule has 0 fully saturated rings. The molecule has 0 aliphatic rings. The molecule has 0 spiro atoms. The molecule has 0 unspecified atom stereocenters. The number of hydrogen-bond donors (Lipinski definition) is 2. The minimum absolute atomic E-state index is 0.681. The van der Waals surface area contributed by atoms with Crippen molar-refractivity contribution >= 4 is 12.4 Å². The molecule has 0 aromatic carbocycles. The van der Waals surface area contributed by atoms with Gasteiger partial charge in [-0.05, 0) is 24.3 Å². The highest BCUT2D eigenvalue weighted by atomic mass is 16.4. The molecule has 0 radical (unpaired) electrons. The van der Waals surface area contributed by atoms with Gasteiger partial charge in [0.25, 0.3) is 0 Å². The van der Waals surface area contributed by atoms with Crippen molar-refractivity contribution in [3.8, 4) is 0 Å². The maximum atomic E-state index is 8.64. The summed E-state index contributed by atoms with van der Waals surface area (Å²) in [5, 5.41) is 23.3. The summed E-state index contributed by atoms with van der Waals surface area (Å²) in [6, 6.07) is 9.45. The van der Waals surface area contributed by atoms with Crippen molar-refractivity contribution in [1.29, 1.82) is 0 Å². The van der Waals surface area contributed by atoms with Crippen molar-refractivity contribution in [2.24, 2.45) is 10.3 Å². The second-order valence-corrected chi connectivity index (χ2v) is 4.57. The normalized spacial score (nSPS) is 11.8. The van der Waals surface area contributed by atoms with Crippen molar-refractivity contribution < 1.29 is 19.5 Å². The van der Waals surface area contributed by atoms with E-state index >= 15 is 0 Å². The summed E-state index contributed by atoms with van der Waals surface area (Å²) >= 11 is 0. The summed E-state index contributed by atoms with van der Waals surface area (Å²) in [6.07, 6.45) is 12.6. The Kier molecular flexibility index (Phi) is 5.80. The molecule has 0 atom stereocenters. The molecule has 6 nitrogen and oxygen atoms in total. The van der Waals surface area contributed by atoms with E-state index in [2.05, 4.69) is 10.3 Å². The van der Waals surface area contributed by atoms with Crippen molar-refractivity contribution in [3.05, 3.63) is 72.3 Å². The second-order valence-electron chi connectivity index (χ2n) is 4.57. The minimum atomic E-state index is 0.681. The zero-order valence-electron chi connectivity index (χ0n) is 12.0. The maximum absolute atomic E-state index is 8.64. The number of pyridine rings is 2. The molecule has 0 saturated carbocycles. The quantitative estimate of drug-likeness (QED) is 0.276. The highest BCUT2D eigenvalue weighted by Crippen LogP contribution is 1.91. The van der Waals surface area contributed by atoms with E-state index in [1.54, 1.807) is 0 Å². The molecule has 0 bridgehead atoms. The van der Waals surface area contributed by atoms with Gasteiger partial charge in [-0.25, -0.2) is 4.57 Å². The number of allylic oxidation sites excluding steroid dienone is 2. The molecule has 22 heavy (non-hydrogen) atoms. The molecule has 112 valence electrons. The van der Waals surface area contributed by atoms with Crippen LogP contribution in [0.25, 0.3) is 0 Å². The van der Waals surface area contributed by atoms with Crippen molar-refractivity contribution in [1.82, 2.24) is 0 Å². The number of hydrogen-bond acceptors (Lipinski definition) is 4. The number of oxime groups is 2. The van der Waals surface area contributed by atoms with Gasteiger partial charge in [0.2, 0.25) is 5.69 Å². The monoisotopic (exact) mass is 298 g/mol. The van der Waals surface area contributed by atoms with Crippen LogP contribution in [0, 0.1) is 0 Å². The van der Waals surface area contributed by atoms with Crippen molar-refractivity contribution in [2.45, 2.75) is 13.1 Å². The number of rotatable bonds is 6. The van der Waals surface area contributed by atoms with Gasteiger partial charge >= 0.3 is 0 Å². The lowest BCUT2D eigenvalue weighted by Crippen LogP contribution is -2.37. The molecule has 6 heteroatoms. The van der Waals surface area contributed by atoms with Gasteiger partial charge in [0.15, 0.2) is 31.7 Å². The topological polar surface area (TPSA) is 72.9 Å². The molecular formula is C16H18N4O2+2. The molecule has 0 amide bonds. The summed E-state index contributed by atoms with van der Waals surface area (Å²) in [5.41, 5.74) is 1.65. The third-order valence-electron chi connectivity index (χ3n) is 3.04. The van der Waals surface area contributed by atoms with Crippen LogP contribution in [0.3, 0.4) is 0 Å². The highest BCUT2D eigenvalue weighted by molar-refractivity contribution is 5.77. The first kappa shape index (κ1) is 15.4. The summed E-state index contributed by atoms with van der Waals surface area (Å²) in [6.45, 7) is 1.39. The zero-order valence-corrected chi connectivity index (χ0v) is 12.0. The fraction of sp³-hybridized carbons (Fsp3) is 0.125. The Labute approximate surface area is 128 Å². The fourth-order valence-electron chi connectivity index (χ4n) is 2.02. The van der Waals surface area contributed by atoms with Crippen LogP contribution in [0.4, 0.5) is 0 Å². The van der Waals surface area contributed by atoms with E-state index in [1.807, 2.05) is 70.2 Å². The van der Waals surface area contributed by atoms with Crippen LogP contribution in [-0.4, -0.2) is 22.8 Å². The molecule has 2 rings (SSSR count). The largest absolute Gasteiger partial charge is 0.411 e. The van der Waals surface area contributed by atoms with Crippen LogP contribution in [0.5, 0.6) is 0 Å². The molecule has 2 aromatic heterocycles. The third-order valence-corrected chi connectivity index (χ3v) is 3.04. The standard InChI is InChI=1S/C16H16N4O2/c21-17-12-15-6-5-9-19(14-15)8-3-4-11-20-10-2-1-7-16(20)13-18-22/h1-7,9-10,12-14H,8,11H2/p+2/b4-3-,17-12+. The van der Waals surface area contributed by atoms with E-state index in [-0.39, 0.29) is 0 Å². The average molecular weight is 298 g/mol. The molecule has 0 aliphatic heterocycles. The van der Waals surface area contributed by atoms with Crippen LogP contribution in [0.15, 0.2) is 71.4 Å². The SMILES string of the molecule is O/N=C/c1ccc[n+](C/C=C\C[n+]2ccccc2/C=N/O)c1. The fourth-order valence-corrected chi connectivity index (χ4v) is 2.02. The van der Waals surface area contributed by atoms with Crippen LogP contribution in [0.1, 0.15) is 11.3 Å². The zero-order chi connectivity index (χ0) is 15.6. The number of nitrogens with zero attached hydrogens (tertiary/aromatic N) is 4.